The lowest BCUT2D eigenvalue weighted by molar-refractivity contribution is -0.121. The highest BCUT2D eigenvalue weighted by Gasteiger charge is 2.25. The van der Waals surface area contributed by atoms with Gasteiger partial charge in [-0.25, -0.2) is 0 Å². The van der Waals surface area contributed by atoms with Crippen molar-refractivity contribution in [3.63, 3.8) is 0 Å². The van der Waals surface area contributed by atoms with E-state index in [9.17, 15) is 9.59 Å². The Morgan fingerprint density at radius 1 is 0.944 bits per heavy atom. The first-order valence-corrected chi connectivity index (χ1v) is 12.8. The van der Waals surface area contributed by atoms with Gasteiger partial charge in [-0.05, 0) is 18.2 Å². The van der Waals surface area contributed by atoms with Crippen LogP contribution in [0.3, 0.4) is 0 Å². The Labute approximate surface area is 225 Å². The minimum absolute atomic E-state index is 0.0663. The molecule has 36 heavy (non-hydrogen) atoms. The molecule has 1 aliphatic heterocycles. The lowest BCUT2D eigenvalue weighted by Crippen LogP contribution is -2.34. The summed E-state index contributed by atoms with van der Waals surface area (Å²) in [6, 6.07) is 5.30. The Kier molecular flexibility index (Phi) is 17.5. The second-order valence-corrected chi connectivity index (χ2v) is 8.35. The van der Waals surface area contributed by atoms with Gasteiger partial charge in [-0.2, -0.15) is 5.10 Å². The van der Waals surface area contributed by atoms with Crippen LogP contribution in [0.4, 0.5) is 5.69 Å². The van der Waals surface area contributed by atoms with Crippen molar-refractivity contribution in [3.05, 3.63) is 28.2 Å². The van der Waals surface area contributed by atoms with Gasteiger partial charge in [0.2, 0.25) is 5.91 Å². The quantitative estimate of drug-likeness (QED) is 0.252. The molecule has 1 atom stereocenters. The molecule has 0 fully saturated rings. The van der Waals surface area contributed by atoms with Gasteiger partial charge in [0.15, 0.2) is 7.85 Å². The summed E-state index contributed by atoms with van der Waals surface area (Å²) >= 11 is 12.0. The average molecular weight is 544 g/mol. The van der Waals surface area contributed by atoms with Gasteiger partial charge in [0, 0.05) is 12.3 Å². The molecule has 9 nitrogen and oxygen atoms in total. The summed E-state index contributed by atoms with van der Waals surface area (Å²) in [7, 11) is 5.00. The van der Waals surface area contributed by atoms with Gasteiger partial charge in [-0.15, -0.1) is 0 Å². The number of amidine groups is 1. The molecular formula is C24H36BCl2N3O6. The van der Waals surface area contributed by atoms with Crippen molar-refractivity contribution in [2.75, 3.05) is 64.4 Å². The van der Waals surface area contributed by atoms with Crippen LogP contribution in [0.2, 0.25) is 10.0 Å². The molecule has 0 aromatic heterocycles. The minimum atomic E-state index is -0.386. The second kappa shape index (κ2) is 19.4. The number of amides is 1. The number of halogens is 2. The SMILES string of the molecule is CC.[B]C(=O)CCOCCOCCOCCOCCC(=O)NC1=NN(c2ccc(Cl)c(Cl)c2)CC1C. The number of hydrogen-bond acceptors (Lipinski definition) is 8. The van der Waals surface area contributed by atoms with Gasteiger partial charge >= 0.3 is 0 Å². The molecule has 0 aliphatic carbocycles. The Morgan fingerprint density at radius 2 is 1.47 bits per heavy atom. The van der Waals surface area contributed by atoms with E-state index in [0.29, 0.717) is 68.7 Å². The van der Waals surface area contributed by atoms with Gasteiger partial charge in [-0.1, -0.05) is 44.0 Å². The van der Waals surface area contributed by atoms with Crippen molar-refractivity contribution in [2.45, 2.75) is 33.6 Å². The van der Waals surface area contributed by atoms with Crippen molar-refractivity contribution >= 4 is 54.2 Å². The fraction of sp³-hybridized carbons (Fsp3) is 0.625. The van der Waals surface area contributed by atoms with Gasteiger partial charge < -0.3 is 29.1 Å². The molecule has 12 heteroatoms. The molecule has 1 aromatic carbocycles. The molecular weight excluding hydrogens is 508 g/mol. The van der Waals surface area contributed by atoms with Crippen LogP contribution < -0.4 is 10.3 Å². The third kappa shape index (κ3) is 13.6. The van der Waals surface area contributed by atoms with Crippen LogP contribution in [0.5, 0.6) is 0 Å². The summed E-state index contributed by atoms with van der Waals surface area (Å²) in [5.41, 5.74) is 0.426. The summed E-state index contributed by atoms with van der Waals surface area (Å²) < 4.78 is 21.3. The van der Waals surface area contributed by atoms with E-state index in [4.69, 9.17) is 50.0 Å². The standard InChI is InChI=1S/C22H30BCl2N3O6.C2H6/c1-16-15-28(17-2-3-18(24)19(25)14-17)27-22(16)26-21(30)5-7-32-9-11-34-13-12-33-10-8-31-6-4-20(23)29;1-2/h2-3,14,16H,4-13,15H2,1H3,(H,26,27,30);1-2H3. The molecule has 2 radical (unpaired) electrons. The monoisotopic (exact) mass is 543 g/mol. The van der Waals surface area contributed by atoms with Gasteiger partial charge in [0.1, 0.15) is 5.84 Å². The van der Waals surface area contributed by atoms with E-state index in [2.05, 4.69) is 10.4 Å². The average Bonchev–Trinajstić information content (AvgIpc) is 3.22. The van der Waals surface area contributed by atoms with Gasteiger partial charge in [0.05, 0.1) is 87.2 Å². The molecule has 2 rings (SSSR count). The number of carbonyl (C=O) groups excluding carboxylic acids is 2. The summed E-state index contributed by atoms with van der Waals surface area (Å²) in [4.78, 5) is 22.8. The predicted octanol–water partition coefficient (Wildman–Crippen LogP) is 3.45. The van der Waals surface area contributed by atoms with Crippen LogP contribution in [0, 0.1) is 5.92 Å². The molecule has 1 aliphatic rings. The van der Waals surface area contributed by atoms with E-state index in [1.54, 1.807) is 17.1 Å². The van der Waals surface area contributed by atoms with Crippen LogP contribution in [0.25, 0.3) is 0 Å². The highest BCUT2D eigenvalue weighted by molar-refractivity contribution is 6.57. The maximum Gasteiger partial charge on any atom is 0.227 e. The fourth-order valence-corrected chi connectivity index (χ4v) is 3.17. The fourth-order valence-electron chi connectivity index (χ4n) is 2.88. The molecule has 0 bridgehead atoms. The van der Waals surface area contributed by atoms with Gasteiger partial charge in [-0.3, -0.25) is 9.80 Å². The van der Waals surface area contributed by atoms with Crippen molar-refractivity contribution in [1.82, 2.24) is 5.32 Å². The third-order valence-corrected chi connectivity index (χ3v) is 5.43. The number of rotatable bonds is 16. The summed E-state index contributed by atoms with van der Waals surface area (Å²) in [5.74, 6) is 0.517. The molecule has 0 spiro atoms. The van der Waals surface area contributed by atoms with Crippen molar-refractivity contribution < 1.29 is 28.5 Å². The maximum atomic E-state index is 12.2. The smallest absolute Gasteiger partial charge is 0.227 e. The lowest BCUT2D eigenvalue weighted by Gasteiger charge is -2.14. The Balaban J connectivity index is 0.00000316. The minimum Gasteiger partial charge on any atom is -0.379 e. The normalized spacial score (nSPS) is 14.8. The molecule has 1 amide bonds. The second-order valence-electron chi connectivity index (χ2n) is 7.53. The number of benzene rings is 1. The van der Waals surface area contributed by atoms with E-state index in [0.717, 1.165) is 5.69 Å². The zero-order valence-electron chi connectivity index (χ0n) is 21.3. The van der Waals surface area contributed by atoms with Crippen molar-refractivity contribution in [2.24, 2.45) is 11.0 Å². The Hall–Kier alpha value is -1.69. The molecule has 200 valence electrons. The molecule has 1 unspecified atom stereocenters. The topological polar surface area (TPSA) is 98.7 Å². The number of ether oxygens (including phenoxy) is 4. The van der Waals surface area contributed by atoms with Crippen LogP contribution in [-0.4, -0.2) is 84.7 Å². The molecule has 1 aromatic rings. The zero-order valence-corrected chi connectivity index (χ0v) is 22.8. The van der Waals surface area contributed by atoms with Crippen LogP contribution >= 0.6 is 23.2 Å². The number of nitrogens with zero attached hydrogens (tertiary/aromatic N) is 2. The van der Waals surface area contributed by atoms with E-state index in [-0.39, 0.29) is 37.0 Å². The lowest BCUT2D eigenvalue weighted by atomic mass is 10.0. The zero-order chi connectivity index (χ0) is 26.8. The number of hydrazone groups is 1. The summed E-state index contributed by atoms with van der Waals surface area (Å²) in [6.07, 6.45) is 0.425. The number of carbonyl (C=O) groups is 2. The van der Waals surface area contributed by atoms with E-state index in [1.165, 1.54) is 0 Å². The molecule has 0 saturated heterocycles. The Bertz CT molecular complexity index is 831. The van der Waals surface area contributed by atoms with Crippen molar-refractivity contribution in [3.8, 4) is 0 Å². The number of nitrogens with one attached hydrogen (secondary N) is 1. The van der Waals surface area contributed by atoms with Crippen LogP contribution in [0.1, 0.15) is 33.6 Å². The maximum absolute atomic E-state index is 12.2. The first-order chi connectivity index (χ1) is 17.4. The summed E-state index contributed by atoms with van der Waals surface area (Å²) in [6.45, 7) is 9.67. The van der Waals surface area contributed by atoms with E-state index in [1.807, 2.05) is 26.8 Å². The highest BCUT2D eigenvalue weighted by atomic mass is 35.5. The predicted molar refractivity (Wildman–Crippen MR) is 143 cm³/mol. The third-order valence-electron chi connectivity index (χ3n) is 4.69. The molecule has 1 N–H and O–H groups in total. The number of hydrogen-bond donors (Lipinski definition) is 1. The van der Waals surface area contributed by atoms with Crippen LogP contribution in [-0.2, 0) is 28.5 Å². The highest BCUT2D eigenvalue weighted by Crippen LogP contribution is 2.29. The van der Waals surface area contributed by atoms with Gasteiger partial charge in [0.25, 0.3) is 0 Å². The first kappa shape index (κ1) is 32.3. The largest absolute Gasteiger partial charge is 0.379 e. The van der Waals surface area contributed by atoms with E-state index < -0.39 is 0 Å². The number of anilines is 1. The van der Waals surface area contributed by atoms with Crippen molar-refractivity contribution in [1.29, 1.82) is 0 Å². The molecule has 1 heterocycles. The first-order valence-electron chi connectivity index (χ1n) is 12.1. The molecule has 0 saturated carbocycles. The summed E-state index contributed by atoms with van der Waals surface area (Å²) in [5, 5.41) is 10.1. The van der Waals surface area contributed by atoms with Crippen LogP contribution in [0.15, 0.2) is 23.3 Å². The Morgan fingerprint density at radius 3 is 2.00 bits per heavy atom. The van der Waals surface area contributed by atoms with E-state index >= 15 is 0 Å².